The van der Waals surface area contributed by atoms with Gasteiger partial charge in [0.15, 0.2) is 11.7 Å². The molecule has 19 heavy (non-hydrogen) atoms. The first-order chi connectivity index (χ1) is 9.11. The third kappa shape index (κ3) is 2.99. The lowest BCUT2D eigenvalue weighted by molar-refractivity contribution is -0.155. The van der Waals surface area contributed by atoms with E-state index in [4.69, 9.17) is 0 Å². The van der Waals surface area contributed by atoms with E-state index in [-0.39, 0.29) is 18.2 Å². The molecule has 1 aliphatic rings. The molecule has 0 aromatic heterocycles. The third-order valence-electron chi connectivity index (χ3n) is 3.14. The van der Waals surface area contributed by atoms with Crippen molar-refractivity contribution in [1.29, 1.82) is 0 Å². The fraction of sp³-hybridized carbons (Fsp3) is 0.357. The lowest BCUT2D eigenvalue weighted by Gasteiger charge is -2.26. The number of hydrogen-bond acceptors (Lipinski definition) is 4. The minimum Gasteiger partial charge on any atom is -0.468 e. The van der Waals surface area contributed by atoms with Crippen LogP contribution in [0.15, 0.2) is 30.3 Å². The van der Waals surface area contributed by atoms with Crippen LogP contribution in [0.1, 0.15) is 12.0 Å². The Morgan fingerprint density at radius 3 is 2.58 bits per heavy atom. The van der Waals surface area contributed by atoms with Gasteiger partial charge in [-0.25, -0.2) is 0 Å². The van der Waals surface area contributed by atoms with E-state index in [1.807, 2.05) is 30.3 Å². The zero-order valence-corrected chi connectivity index (χ0v) is 10.6. The second-order valence-electron chi connectivity index (χ2n) is 4.52. The first-order valence-corrected chi connectivity index (χ1v) is 6.06. The Morgan fingerprint density at radius 1 is 1.32 bits per heavy atom. The van der Waals surface area contributed by atoms with E-state index in [0.717, 1.165) is 5.56 Å². The highest BCUT2D eigenvalue weighted by Crippen LogP contribution is 2.16. The number of nitrogens with one attached hydrogen (secondary N) is 1. The third-order valence-corrected chi connectivity index (χ3v) is 3.14. The molecule has 1 N–H and O–H groups in total. The Hall–Kier alpha value is -2.17. The van der Waals surface area contributed by atoms with Crippen LogP contribution in [0.3, 0.4) is 0 Å². The molecule has 1 aromatic carbocycles. The van der Waals surface area contributed by atoms with Crippen molar-refractivity contribution in [1.82, 2.24) is 5.32 Å². The summed E-state index contributed by atoms with van der Waals surface area (Å²) in [5, 5.41) is 2.70. The van der Waals surface area contributed by atoms with Crippen LogP contribution in [0.4, 0.5) is 0 Å². The number of methoxy groups -OCH3 is 1. The summed E-state index contributed by atoms with van der Waals surface area (Å²) in [5.74, 6) is -3.04. The van der Waals surface area contributed by atoms with Crippen LogP contribution in [0.5, 0.6) is 0 Å². The van der Waals surface area contributed by atoms with Gasteiger partial charge in [-0.05, 0) is 12.0 Å². The minimum atomic E-state index is -1.31. The molecule has 2 rings (SSSR count). The number of rotatable bonds is 3. The van der Waals surface area contributed by atoms with Crippen molar-refractivity contribution in [3.05, 3.63) is 35.9 Å². The van der Waals surface area contributed by atoms with Gasteiger partial charge in [0, 0.05) is 12.5 Å². The van der Waals surface area contributed by atoms with Gasteiger partial charge < -0.3 is 10.1 Å². The first kappa shape index (κ1) is 13.3. The van der Waals surface area contributed by atoms with E-state index in [9.17, 15) is 14.4 Å². The van der Waals surface area contributed by atoms with Crippen LogP contribution in [0, 0.1) is 5.92 Å². The maximum Gasteiger partial charge on any atom is 0.325 e. The summed E-state index contributed by atoms with van der Waals surface area (Å²) in [6, 6.07) is 9.31. The smallest absolute Gasteiger partial charge is 0.325 e. The summed E-state index contributed by atoms with van der Waals surface area (Å²) in [6.07, 6.45) is 0.729. The van der Waals surface area contributed by atoms with Crippen LogP contribution in [0.25, 0.3) is 0 Å². The van der Waals surface area contributed by atoms with Gasteiger partial charge in [0.1, 0.15) is 0 Å². The van der Waals surface area contributed by atoms with Crippen molar-refractivity contribution in [3.63, 3.8) is 0 Å². The van der Waals surface area contributed by atoms with Crippen molar-refractivity contribution in [3.8, 4) is 0 Å². The fourth-order valence-electron chi connectivity index (χ4n) is 2.22. The highest BCUT2D eigenvalue weighted by Gasteiger charge is 2.40. The molecular weight excluding hydrogens is 246 g/mol. The zero-order chi connectivity index (χ0) is 13.8. The van der Waals surface area contributed by atoms with E-state index in [0.29, 0.717) is 6.42 Å². The van der Waals surface area contributed by atoms with E-state index >= 15 is 0 Å². The van der Waals surface area contributed by atoms with Crippen molar-refractivity contribution >= 4 is 17.7 Å². The molecule has 1 amide bonds. The van der Waals surface area contributed by atoms with Crippen molar-refractivity contribution in [2.75, 3.05) is 7.11 Å². The van der Waals surface area contributed by atoms with E-state index in [2.05, 4.69) is 10.1 Å². The van der Waals surface area contributed by atoms with Crippen LogP contribution >= 0.6 is 0 Å². The fourth-order valence-corrected chi connectivity index (χ4v) is 2.22. The summed E-state index contributed by atoms with van der Waals surface area (Å²) in [5.41, 5.74) is 1.04. The largest absolute Gasteiger partial charge is 0.468 e. The van der Waals surface area contributed by atoms with Gasteiger partial charge in [0.2, 0.25) is 5.91 Å². The Kier molecular flexibility index (Phi) is 3.94. The van der Waals surface area contributed by atoms with Crippen LogP contribution < -0.4 is 5.32 Å². The number of benzene rings is 1. The molecule has 1 fully saturated rings. The predicted molar refractivity (Wildman–Crippen MR) is 67.2 cm³/mol. The summed E-state index contributed by atoms with van der Waals surface area (Å²) < 4.78 is 4.46. The number of Topliss-reactive ketones (excluding diaryl/α,β-unsaturated/α-hetero) is 1. The van der Waals surface area contributed by atoms with Gasteiger partial charge in [-0.15, -0.1) is 0 Å². The van der Waals surface area contributed by atoms with E-state index < -0.39 is 17.8 Å². The first-order valence-electron chi connectivity index (χ1n) is 6.06. The highest BCUT2D eigenvalue weighted by molar-refractivity contribution is 6.18. The molecule has 1 heterocycles. The van der Waals surface area contributed by atoms with Gasteiger partial charge in [-0.2, -0.15) is 0 Å². The molecule has 2 unspecified atom stereocenters. The highest BCUT2D eigenvalue weighted by atomic mass is 16.5. The van der Waals surface area contributed by atoms with Crippen molar-refractivity contribution in [2.45, 2.75) is 18.9 Å². The van der Waals surface area contributed by atoms with Gasteiger partial charge in [0.25, 0.3) is 0 Å². The minimum absolute atomic E-state index is 0.153. The average molecular weight is 261 g/mol. The lowest BCUT2D eigenvalue weighted by Crippen LogP contribution is -2.52. The summed E-state index contributed by atoms with van der Waals surface area (Å²) in [4.78, 5) is 35.0. The molecule has 2 atom stereocenters. The molecule has 0 aliphatic carbocycles. The number of carbonyl (C=O) groups excluding carboxylic acids is 3. The number of ether oxygens (including phenoxy) is 1. The van der Waals surface area contributed by atoms with E-state index in [1.54, 1.807) is 0 Å². The van der Waals surface area contributed by atoms with Crippen molar-refractivity contribution < 1.29 is 19.1 Å². The Bertz CT molecular complexity index is 479. The standard InChI is InChI=1S/C14H15NO4/c1-19-14(18)12-11(16)8-10(15-13(12)17)7-9-5-3-2-4-6-9/h2-6,10,12H,7-8H2,1H3,(H,15,17). The second kappa shape index (κ2) is 5.65. The number of hydrogen-bond donors (Lipinski definition) is 1. The molecule has 0 bridgehead atoms. The van der Waals surface area contributed by atoms with Crippen LogP contribution in [-0.2, 0) is 25.5 Å². The molecule has 5 nitrogen and oxygen atoms in total. The molecule has 5 heteroatoms. The van der Waals surface area contributed by atoms with Gasteiger partial charge in [-0.1, -0.05) is 30.3 Å². The van der Waals surface area contributed by atoms with Crippen molar-refractivity contribution in [2.24, 2.45) is 5.92 Å². The molecular formula is C14H15NO4. The maximum absolute atomic E-state index is 11.8. The quantitative estimate of drug-likeness (QED) is 0.634. The average Bonchev–Trinajstić information content (AvgIpc) is 2.38. The molecule has 0 saturated carbocycles. The molecule has 0 spiro atoms. The Labute approximate surface area is 110 Å². The molecule has 1 aromatic rings. The molecule has 100 valence electrons. The summed E-state index contributed by atoms with van der Waals surface area (Å²) >= 11 is 0. The number of ketones is 1. The number of piperidine rings is 1. The SMILES string of the molecule is COC(=O)C1C(=O)CC(Cc2ccccc2)NC1=O. The zero-order valence-electron chi connectivity index (χ0n) is 10.6. The predicted octanol–water partition coefficient (Wildman–Crippen LogP) is 0.476. The number of amides is 1. The van der Waals surface area contributed by atoms with Gasteiger partial charge in [0.05, 0.1) is 7.11 Å². The normalized spacial score (nSPS) is 22.8. The van der Waals surface area contributed by atoms with E-state index in [1.165, 1.54) is 7.11 Å². The van der Waals surface area contributed by atoms with Crippen LogP contribution in [-0.4, -0.2) is 30.8 Å². The summed E-state index contributed by atoms with van der Waals surface area (Å²) in [6.45, 7) is 0. The molecule has 1 aliphatic heterocycles. The lowest BCUT2D eigenvalue weighted by atomic mass is 9.89. The second-order valence-corrected chi connectivity index (χ2v) is 4.52. The number of carbonyl (C=O) groups is 3. The monoisotopic (exact) mass is 261 g/mol. The number of esters is 1. The summed E-state index contributed by atoms with van der Waals surface area (Å²) in [7, 11) is 1.17. The Balaban J connectivity index is 2.04. The molecule has 1 saturated heterocycles. The van der Waals surface area contributed by atoms with Gasteiger partial charge in [-0.3, -0.25) is 14.4 Å². The Morgan fingerprint density at radius 2 is 2.00 bits per heavy atom. The van der Waals surface area contributed by atoms with Crippen LogP contribution in [0.2, 0.25) is 0 Å². The molecule has 0 radical (unpaired) electrons. The van der Waals surface area contributed by atoms with Gasteiger partial charge >= 0.3 is 5.97 Å². The topological polar surface area (TPSA) is 72.5 Å². The maximum atomic E-state index is 11.8.